The lowest BCUT2D eigenvalue weighted by molar-refractivity contribution is -0.164. The first-order valence-corrected chi connectivity index (χ1v) is 21.5. The molecular formula is C24H47NO3Si3. The Labute approximate surface area is 196 Å². The molecule has 4 nitrogen and oxygen atoms in total. The molecule has 0 spiro atoms. The summed E-state index contributed by atoms with van der Waals surface area (Å²) in [6.07, 6.45) is 11.8. The molecular weight excluding hydrogens is 435 g/mol. The van der Waals surface area contributed by atoms with E-state index in [0.717, 1.165) is 38.7 Å². The highest BCUT2D eigenvalue weighted by Crippen LogP contribution is 2.48. The number of nitrogens with zero attached hydrogens (tertiary/aromatic N) is 1. The molecule has 0 aliphatic carbocycles. The van der Waals surface area contributed by atoms with Crippen LogP contribution in [0, 0.1) is 17.2 Å². The normalized spacial score (nSPS) is 36.8. The van der Waals surface area contributed by atoms with Crippen LogP contribution in [0.2, 0.25) is 38.8 Å². The topological polar surface area (TPSA) is 51.5 Å². The van der Waals surface area contributed by atoms with Gasteiger partial charge in [0, 0.05) is 25.7 Å². The highest BCUT2D eigenvalue weighted by Gasteiger charge is 2.59. The average Bonchev–Trinajstić information content (AvgIpc) is 2.79. The van der Waals surface area contributed by atoms with Crippen molar-refractivity contribution in [2.75, 3.05) is 19.8 Å². The van der Waals surface area contributed by atoms with Gasteiger partial charge in [0.1, 0.15) is 0 Å². The van der Waals surface area contributed by atoms with Crippen LogP contribution >= 0.6 is 0 Å². The number of hydrogen-bond donors (Lipinski definition) is 0. The van der Waals surface area contributed by atoms with Crippen LogP contribution in [-0.2, 0) is 14.2 Å². The van der Waals surface area contributed by atoms with E-state index in [1.165, 1.54) is 51.4 Å². The third-order valence-electron chi connectivity index (χ3n) is 8.90. The lowest BCUT2D eigenvalue weighted by Gasteiger charge is -2.58. The fourth-order valence-corrected chi connectivity index (χ4v) is 16.9. The van der Waals surface area contributed by atoms with Gasteiger partial charge in [0.15, 0.2) is 0 Å². The van der Waals surface area contributed by atoms with E-state index in [9.17, 15) is 5.26 Å². The quantitative estimate of drug-likeness (QED) is 0.468. The molecule has 3 aliphatic heterocycles. The van der Waals surface area contributed by atoms with Crippen molar-refractivity contribution in [3.05, 3.63) is 0 Å². The van der Waals surface area contributed by atoms with E-state index in [2.05, 4.69) is 38.8 Å². The molecule has 5 unspecified atom stereocenters. The minimum absolute atomic E-state index is 0.0247. The maximum Gasteiger partial charge on any atom is 0.0800 e. The van der Waals surface area contributed by atoms with Crippen LogP contribution < -0.4 is 0 Å². The number of ether oxygens (including phenoxy) is 3. The second kappa shape index (κ2) is 11.0. The van der Waals surface area contributed by atoms with E-state index < -0.39 is 26.4 Å². The number of hydrogen-bond acceptors (Lipinski definition) is 4. The van der Waals surface area contributed by atoms with Crippen molar-refractivity contribution in [3.8, 4) is 6.07 Å². The second-order valence-corrected chi connectivity index (χ2v) is 21.0. The Hall–Kier alpha value is 0.0206. The molecule has 0 bridgehead atoms. The fraction of sp³-hybridized carbons (Fsp3) is 0.958. The Morgan fingerprint density at radius 2 is 1.29 bits per heavy atom. The van der Waals surface area contributed by atoms with Crippen molar-refractivity contribution in [1.29, 1.82) is 5.26 Å². The zero-order valence-corrected chi connectivity index (χ0v) is 24.3. The van der Waals surface area contributed by atoms with Crippen molar-refractivity contribution >= 4 is 26.4 Å². The Morgan fingerprint density at radius 3 is 1.71 bits per heavy atom. The Balaban J connectivity index is 1.84. The van der Waals surface area contributed by atoms with Crippen LogP contribution in [0.3, 0.4) is 0 Å². The molecule has 0 radical (unpaired) electrons. The highest BCUT2D eigenvalue weighted by molar-refractivity contribution is 6.67. The number of rotatable bonds is 8. The Morgan fingerprint density at radius 1 is 0.742 bits per heavy atom. The summed E-state index contributed by atoms with van der Waals surface area (Å²) < 4.78 is 20.1. The molecule has 0 amide bonds. The van der Waals surface area contributed by atoms with Gasteiger partial charge in [0.2, 0.25) is 0 Å². The van der Waals surface area contributed by atoms with E-state index in [1.807, 2.05) is 0 Å². The van der Waals surface area contributed by atoms with Crippen LogP contribution in [0.25, 0.3) is 0 Å². The second-order valence-electron chi connectivity index (χ2n) is 11.2. The summed E-state index contributed by atoms with van der Waals surface area (Å²) in [7, 11) is -3.54. The van der Waals surface area contributed by atoms with Crippen molar-refractivity contribution in [3.63, 3.8) is 0 Å². The van der Waals surface area contributed by atoms with Crippen LogP contribution in [0.15, 0.2) is 0 Å². The van der Waals surface area contributed by atoms with E-state index >= 15 is 0 Å². The SMILES string of the molecule is C[SiH](C)C1(CC(C#N)C[SiH](C)C2(C3([SiH](C)C)CCCCO3)CCCCO2)CCCCO1. The summed E-state index contributed by atoms with van der Waals surface area (Å²) >= 11 is 0. The predicted molar refractivity (Wildman–Crippen MR) is 137 cm³/mol. The molecule has 0 aromatic carbocycles. The Kier molecular flexibility index (Phi) is 9.07. The largest absolute Gasteiger partial charge is 0.379 e. The van der Waals surface area contributed by atoms with Gasteiger partial charge < -0.3 is 14.2 Å². The lowest BCUT2D eigenvalue weighted by Crippen LogP contribution is -2.72. The van der Waals surface area contributed by atoms with Gasteiger partial charge in [-0.3, -0.25) is 0 Å². The van der Waals surface area contributed by atoms with Crippen molar-refractivity contribution in [2.45, 2.75) is 119 Å². The predicted octanol–water partition coefficient (Wildman–Crippen LogP) is 4.78. The van der Waals surface area contributed by atoms with E-state index in [-0.39, 0.29) is 21.6 Å². The first-order valence-electron chi connectivity index (χ1n) is 13.1. The zero-order valence-electron chi connectivity index (χ0n) is 20.9. The average molecular weight is 482 g/mol. The molecule has 3 aliphatic rings. The molecule has 0 aromatic rings. The van der Waals surface area contributed by atoms with Crippen molar-refractivity contribution in [2.24, 2.45) is 5.92 Å². The first-order chi connectivity index (χ1) is 14.8. The zero-order chi connectivity index (χ0) is 22.5. The molecule has 3 saturated heterocycles. The van der Waals surface area contributed by atoms with Gasteiger partial charge in [-0.15, -0.1) is 0 Å². The molecule has 0 N–H and O–H groups in total. The molecule has 3 heterocycles. The maximum absolute atomic E-state index is 10.2. The highest BCUT2D eigenvalue weighted by atomic mass is 28.3. The Bertz CT molecular complexity index is 604. The van der Waals surface area contributed by atoms with E-state index in [0.29, 0.717) is 0 Å². The molecule has 3 fully saturated rings. The smallest absolute Gasteiger partial charge is 0.0800 e. The molecule has 3 rings (SSSR count). The number of nitriles is 1. The van der Waals surface area contributed by atoms with Gasteiger partial charge in [-0.1, -0.05) is 32.7 Å². The molecule has 0 aromatic heterocycles. The van der Waals surface area contributed by atoms with Crippen LogP contribution in [0.1, 0.15) is 64.2 Å². The van der Waals surface area contributed by atoms with Gasteiger partial charge in [-0.05, 0) is 70.3 Å². The summed E-state index contributed by atoms with van der Waals surface area (Å²) in [4.78, 5) is 0. The first kappa shape index (κ1) is 25.6. The summed E-state index contributed by atoms with van der Waals surface area (Å²) in [5.41, 5.74) is 0. The molecule has 7 heteroatoms. The summed E-state index contributed by atoms with van der Waals surface area (Å²) in [6.45, 7) is 15.0. The van der Waals surface area contributed by atoms with Crippen LogP contribution in [0.4, 0.5) is 0 Å². The summed E-state index contributed by atoms with van der Waals surface area (Å²) in [5.74, 6) is 0.103. The maximum atomic E-state index is 10.2. The lowest BCUT2D eigenvalue weighted by atomic mass is 9.96. The standard InChI is InChI=1S/C24H47NO3Si3/c1-29(2)22(12-6-9-15-26-22)18-21(19-25)20-31(5)24(14-8-11-17-28-24)23(30(3)4)13-7-10-16-27-23/h21,29-31H,6-18,20H2,1-5H3. The fourth-order valence-electron chi connectivity index (χ4n) is 6.99. The van der Waals surface area contributed by atoms with Crippen LogP contribution in [-0.4, -0.2) is 61.9 Å². The monoisotopic (exact) mass is 481 g/mol. The molecule has 5 atom stereocenters. The molecule has 31 heavy (non-hydrogen) atoms. The van der Waals surface area contributed by atoms with E-state index in [1.54, 1.807) is 0 Å². The minimum Gasteiger partial charge on any atom is -0.379 e. The van der Waals surface area contributed by atoms with Gasteiger partial charge in [-0.25, -0.2) is 0 Å². The van der Waals surface area contributed by atoms with Gasteiger partial charge in [-0.2, -0.15) is 5.26 Å². The molecule has 178 valence electrons. The van der Waals surface area contributed by atoms with Crippen molar-refractivity contribution in [1.82, 2.24) is 0 Å². The van der Waals surface area contributed by atoms with Gasteiger partial charge >= 0.3 is 0 Å². The van der Waals surface area contributed by atoms with Gasteiger partial charge in [0.25, 0.3) is 0 Å². The summed E-state index contributed by atoms with van der Waals surface area (Å²) in [5, 5.41) is 10.2. The van der Waals surface area contributed by atoms with Crippen LogP contribution in [0.5, 0.6) is 0 Å². The molecule has 0 saturated carbocycles. The summed E-state index contributed by atoms with van der Waals surface area (Å²) in [6, 6.07) is 3.80. The minimum atomic E-state index is -1.40. The van der Waals surface area contributed by atoms with Crippen molar-refractivity contribution < 1.29 is 14.2 Å². The van der Waals surface area contributed by atoms with Gasteiger partial charge in [0.05, 0.1) is 48.1 Å². The van der Waals surface area contributed by atoms with E-state index in [4.69, 9.17) is 14.2 Å². The third kappa shape index (κ3) is 5.09. The third-order valence-corrected chi connectivity index (χ3v) is 18.6.